The van der Waals surface area contributed by atoms with Crippen molar-refractivity contribution in [2.75, 3.05) is 6.54 Å². The summed E-state index contributed by atoms with van der Waals surface area (Å²) >= 11 is 0. The molecule has 2 aromatic rings. The van der Waals surface area contributed by atoms with Crippen LogP contribution >= 0.6 is 0 Å². The molecule has 0 bridgehead atoms. The van der Waals surface area contributed by atoms with Crippen LogP contribution in [0.25, 0.3) is 0 Å². The number of aromatic nitrogens is 2. The molecule has 3 rings (SSSR count). The monoisotopic (exact) mass is 315 g/mol. The van der Waals surface area contributed by atoms with Crippen LogP contribution in [-0.4, -0.2) is 27.5 Å². The first-order chi connectivity index (χ1) is 10.9. The zero-order valence-corrected chi connectivity index (χ0v) is 14.0. The third kappa shape index (κ3) is 2.64. The Labute approximate surface area is 135 Å². The molecule has 1 amide bonds. The van der Waals surface area contributed by atoms with Crippen LogP contribution in [0.1, 0.15) is 53.9 Å². The van der Waals surface area contributed by atoms with E-state index < -0.39 is 0 Å². The summed E-state index contributed by atoms with van der Waals surface area (Å²) in [6, 6.07) is 4.81. The molecule has 4 nitrogen and oxygen atoms in total. The smallest absolute Gasteiger partial charge is 0.230 e. The molecule has 5 heteroatoms. The lowest BCUT2D eigenvalue weighted by molar-refractivity contribution is -0.135. The van der Waals surface area contributed by atoms with Crippen molar-refractivity contribution >= 4 is 5.91 Å². The second kappa shape index (κ2) is 5.80. The summed E-state index contributed by atoms with van der Waals surface area (Å²) in [5.74, 6) is -0.355. The molecule has 0 fully saturated rings. The maximum Gasteiger partial charge on any atom is 0.230 e. The molecule has 2 atom stereocenters. The van der Waals surface area contributed by atoms with Gasteiger partial charge in [-0.25, -0.2) is 4.39 Å². The van der Waals surface area contributed by atoms with Gasteiger partial charge in [0.05, 0.1) is 17.7 Å². The van der Waals surface area contributed by atoms with Crippen molar-refractivity contribution in [3.05, 3.63) is 52.1 Å². The fourth-order valence-electron chi connectivity index (χ4n) is 3.67. The standard InChI is InChI=1S/C18H22FN3O/c1-10(17-11(2)20-21-12(17)3)18(23)22-8-7-14-9-15(19)5-6-16(14)13(22)4/h5-6,9-10,13H,7-8H2,1-4H3,(H,20,21)/t10-,13+/m1/s1. The number of hydrogen-bond donors (Lipinski definition) is 1. The second-order valence-corrected chi connectivity index (χ2v) is 6.37. The normalized spacial score (nSPS) is 18.7. The topological polar surface area (TPSA) is 49.0 Å². The maximum atomic E-state index is 13.4. The Kier molecular flexibility index (Phi) is 3.96. The Morgan fingerprint density at radius 3 is 2.83 bits per heavy atom. The number of benzene rings is 1. The zero-order chi connectivity index (χ0) is 16.7. The quantitative estimate of drug-likeness (QED) is 0.923. The van der Waals surface area contributed by atoms with Gasteiger partial charge in [-0.05, 0) is 57.4 Å². The largest absolute Gasteiger partial charge is 0.335 e. The third-order valence-electron chi connectivity index (χ3n) is 4.92. The summed E-state index contributed by atoms with van der Waals surface area (Å²) in [7, 11) is 0. The summed E-state index contributed by atoms with van der Waals surface area (Å²) in [5, 5.41) is 7.14. The van der Waals surface area contributed by atoms with Crippen LogP contribution in [0.5, 0.6) is 0 Å². The fourth-order valence-corrected chi connectivity index (χ4v) is 3.67. The van der Waals surface area contributed by atoms with Gasteiger partial charge in [0.25, 0.3) is 0 Å². The minimum absolute atomic E-state index is 0.0400. The van der Waals surface area contributed by atoms with Crippen molar-refractivity contribution in [2.24, 2.45) is 0 Å². The van der Waals surface area contributed by atoms with Gasteiger partial charge in [-0.15, -0.1) is 0 Å². The number of rotatable bonds is 2. The number of aryl methyl sites for hydroxylation is 2. The van der Waals surface area contributed by atoms with Crippen molar-refractivity contribution in [1.82, 2.24) is 15.1 Å². The summed E-state index contributed by atoms with van der Waals surface area (Å²) in [6.07, 6.45) is 0.694. The van der Waals surface area contributed by atoms with Crippen molar-refractivity contribution < 1.29 is 9.18 Å². The van der Waals surface area contributed by atoms with Crippen molar-refractivity contribution in [3.63, 3.8) is 0 Å². The number of hydrogen-bond acceptors (Lipinski definition) is 2. The van der Waals surface area contributed by atoms with E-state index in [1.807, 2.05) is 32.6 Å². The second-order valence-electron chi connectivity index (χ2n) is 6.37. The van der Waals surface area contributed by atoms with Crippen LogP contribution < -0.4 is 0 Å². The van der Waals surface area contributed by atoms with Gasteiger partial charge in [-0.3, -0.25) is 9.89 Å². The molecule has 0 spiro atoms. The maximum absolute atomic E-state index is 13.4. The van der Waals surface area contributed by atoms with Crippen LogP contribution in [0.15, 0.2) is 18.2 Å². The molecule has 1 aromatic carbocycles. The minimum Gasteiger partial charge on any atom is -0.335 e. The van der Waals surface area contributed by atoms with E-state index >= 15 is 0 Å². The van der Waals surface area contributed by atoms with E-state index in [2.05, 4.69) is 10.2 Å². The van der Waals surface area contributed by atoms with E-state index in [9.17, 15) is 9.18 Å². The first-order valence-corrected chi connectivity index (χ1v) is 8.00. The molecule has 1 aromatic heterocycles. The highest BCUT2D eigenvalue weighted by atomic mass is 19.1. The van der Waals surface area contributed by atoms with Crippen LogP contribution in [0, 0.1) is 19.7 Å². The first-order valence-electron chi connectivity index (χ1n) is 8.00. The van der Waals surface area contributed by atoms with Gasteiger partial charge in [0.15, 0.2) is 0 Å². The van der Waals surface area contributed by atoms with E-state index in [1.54, 1.807) is 12.1 Å². The molecular weight excluding hydrogens is 293 g/mol. The molecule has 0 saturated carbocycles. The van der Waals surface area contributed by atoms with Crippen LogP contribution in [0.2, 0.25) is 0 Å². The summed E-state index contributed by atoms with van der Waals surface area (Å²) in [4.78, 5) is 14.9. The first kappa shape index (κ1) is 15.7. The number of aromatic amines is 1. The molecule has 23 heavy (non-hydrogen) atoms. The molecule has 122 valence electrons. The Hall–Kier alpha value is -2.17. The lowest BCUT2D eigenvalue weighted by atomic mass is 9.90. The molecule has 1 aliphatic rings. The third-order valence-corrected chi connectivity index (χ3v) is 4.92. The van der Waals surface area contributed by atoms with Crippen molar-refractivity contribution in [1.29, 1.82) is 0 Å². The molecule has 1 N–H and O–H groups in total. The summed E-state index contributed by atoms with van der Waals surface area (Å²) in [6.45, 7) is 8.42. The van der Waals surface area contributed by atoms with Crippen LogP contribution in [-0.2, 0) is 11.2 Å². The van der Waals surface area contributed by atoms with Gasteiger partial charge < -0.3 is 4.90 Å². The van der Waals surface area contributed by atoms with Crippen molar-refractivity contribution in [2.45, 2.75) is 46.1 Å². The lowest BCUT2D eigenvalue weighted by Crippen LogP contribution is -2.41. The van der Waals surface area contributed by atoms with E-state index in [0.29, 0.717) is 13.0 Å². The highest BCUT2D eigenvalue weighted by Gasteiger charge is 2.32. The van der Waals surface area contributed by atoms with E-state index in [0.717, 1.165) is 28.1 Å². The predicted molar refractivity (Wildman–Crippen MR) is 86.7 cm³/mol. The zero-order valence-electron chi connectivity index (χ0n) is 14.0. The van der Waals surface area contributed by atoms with Gasteiger partial charge in [0, 0.05) is 17.8 Å². The summed E-state index contributed by atoms with van der Waals surface area (Å²) < 4.78 is 13.4. The van der Waals surface area contributed by atoms with Gasteiger partial charge in [-0.2, -0.15) is 5.10 Å². The molecular formula is C18H22FN3O. The van der Waals surface area contributed by atoms with Gasteiger partial charge in [-0.1, -0.05) is 6.07 Å². The number of carbonyl (C=O) groups excluding carboxylic acids is 1. The number of nitrogens with one attached hydrogen (secondary N) is 1. The van der Waals surface area contributed by atoms with Gasteiger partial charge in [0.2, 0.25) is 5.91 Å². The van der Waals surface area contributed by atoms with E-state index in [4.69, 9.17) is 0 Å². The Bertz CT molecular complexity index is 733. The van der Waals surface area contributed by atoms with E-state index in [-0.39, 0.29) is 23.7 Å². The van der Waals surface area contributed by atoms with Crippen LogP contribution in [0.3, 0.4) is 0 Å². The Morgan fingerprint density at radius 1 is 1.43 bits per heavy atom. The number of H-pyrrole nitrogens is 1. The molecule has 2 heterocycles. The predicted octanol–water partition coefficient (Wildman–Crippen LogP) is 3.42. The van der Waals surface area contributed by atoms with Crippen molar-refractivity contribution in [3.8, 4) is 0 Å². The highest BCUT2D eigenvalue weighted by Crippen LogP contribution is 2.33. The number of fused-ring (bicyclic) bond motifs is 1. The molecule has 1 aliphatic heterocycles. The number of carbonyl (C=O) groups is 1. The fraction of sp³-hybridized carbons (Fsp3) is 0.444. The number of amides is 1. The minimum atomic E-state index is -0.238. The highest BCUT2D eigenvalue weighted by molar-refractivity contribution is 5.84. The Morgan fingerprint density at radius 2 is 2.17 bits per heavy atom. The van der Waals surface area contributed by atoms with Gasteiger partial charge >= 0.3 is 0 Å². The SMILES string of the molecule is Cc1n[nH]c(C)c1[C@@H](C)C(=O)N1CCc2cc(F)ccc2[C@@H]1C. The molecule has 0 unspecified atom stereocenters. The van der Waals surface area contributed by atoms with E-state index in [1.165, 1.54) is 6.07 Å². The number of halogens is 1. The van der Waals surface area contributed by atoms with Gasteiger partial charge in [0.1, 0.15) is 5.82 Å². The molecule has 0 radical (unpaired) electrons. The van der Waals surface area contributed by atoms with Crippen LogP contribution in [0.4, 0.5) is 4.39 Å². The lowest BCUT2D eigenvalue weighted by Gasteiger charge is -2.37. The molecule has 0 saturated heterocycles. The molecule has 0 aliphatic carbocycles. The number of nitrogens with zero attached hydrogens (tertiary/aromatic N) is 2. The Balaban J connectivity index is 1.88. The summed E-state index contributed by atoms with van der Waals surface area (Å²) in [5.41, 5.74) is 4.83. The average Bonchev–Trinajstić information content (AvgIpc) is 2.85. The average molecular weight is 315 g/mol.